The first kappa shape index (κ1) is 20.1. The number of rotatable bonds is 4. The molecule has 0 saturated carbocycles. The van der Waals surface area contributed by atoms with E-state index in [0.717, 1.165) is 11.4 Å². The van der Waals surface area contributed by atoms with Crippen molar-refractivity contribution in [2.45, 2.75) is 6.92 Å². The molecule has 2 heterocycles. The molecule has 1 fully saturated rings. The molecule has 1 amide bonds. The van der Waals surface area contributed by atoms with Crippen LogP contribution in [-0.4, -0.2) is 47.0 Å². The number of aryl methyl sites for hydroxylation is 1. The van der Waals surface area contributed by atoms with Crippen LogP contribution in [0.1, 0.15) is 16.1 Å². The second-order valence-corrected chi connectivity index (χ2v) is 7.47. The lowest BCUT2D eigenvalue weighted by atomic mass is 10.1. The summed E-state index contributed by atoms with van der Waals surface area (Å²) >= 11 is 6.04. The first-order valence-electron chi connectivity index (χ1n) is 9.67. The summed E-state index contributed by atoms with van der Waals surface area (Å²) in [4.78, 5) is 25.5. The van der Waals surface area contributed by atoms with E-state index < -0.39 is 11.7 Å². The Labute approximate surface area is 179 Å². The van der Waals surface area contributed by atoms with Crippen LogP contribution in [0.2, 0.25) is 5.02 Å². The topological polar surface area (TPSA) is 61.4 Å². The van der Waals surface area contributed by atoms with Gasteiger partial charge in [0.2, 0.25) is 5.95 Å². The maximum absolute atomic E-state index is 14.1. The Bertz CT molecular complexity index is 1030. The third kappa shape index (κ3) is 4.36. The van der Waals surface area contributed by atoms with Crippen molar-refractivity contribution in [3.63, 3.8) is 0 Å². The van der Waals surface area contributed by atoms with Gasteiger partial charge in [-0.2, -0.15) is 4.98 Å². The van der Waals surface area contributed by atoms with Crippen molar-refractivity contribution in [1.29, 1.82) is 0 Å². The van der Waals surface area contributed by atoms with Gasteiger partial charge in [0, 0.05) is 43.6 Å². The first-order valence-corrected chi connectivity index (χ1v) is 10.0. The summed E-state index contributed by atoms with van der Waals surface area (Å²) in [6.07, 6.45) is 0. The molecule has 8 heteroatoms. The highest BCUT2D eigenvalue weighted by atomic mass is 35.5. The normalized spacial score (nSPS) is 14.0. The lowest BCUT2D eigenvalue weighted by Gasteiger charge is -2.35. The Kier molecular flexibility index (Phi) is 5.81. The van der Waals surface area contributed by atoms with Crippen LogP contribution in [-0.2, 0) is 0 Å². The van der Waals surface area contributed by atoms with Gasteiger partial charge in [-0.3, -0.25) is 4.79 Å². The summed E-state index contributed by atoms with van der Waals surface area (Å²) in [7, 11) is 0. The van der Waals surface area contributed by atoms with Crippen molar-refractivity contribution < 1.29 is 9.18 Å². The van der Waals surface area contributed by atoms with Gasteiger partial charge in [-0.05, 0) is 31.2 Å². The Morgan fingerprint density at radius 2 is 1.77 bits per heavy atom. The van der Waals surface area contributed by atoms with E-state index in [1.165, 1.54) is 18.2 Å². The van der Waals surface area contributed by atoms with Gasteiger partial charge in [-0.25, -0.2) is 9.37 Å². The average molecular weight is 426 g/mol. The van der Waals surface area contributed by atoms with Crippen LogP contribution in [0.3, 0.4) is 0 Å². The molecule has 0 atom stereocenters. The van der Waals surface area contributed by atoms with E-state index >= 15 is 0 Å². The molecule has 30 heavy (non-hydrogen) atoms. The molecule has 154 valence electrons. The van der Waals surface area contributed by atoms with Gasteiger partial charge in [0.25, 0.3) is 5.91 Å². The van der Waals surface area contributed by atoms with Gasteiger partial charge in [0.1, 0.15) is 11.6 Å². The van der Waals surface area contributed by atoms with Gasteiger partial charge in [-0.15, -0.1) is 0 Å². The van der Waals surface area contributed by atoms with Crippen LogP contribution in [0.4, 0.5) is 21.8 Å². The van der Waals surface area contributed by atoms with E-state index in [4.69, 9.17) is 11.6 Å². The van der Waals surface area contributed by atoms with E-state index in [1.54, 1.807) is 4.90 Å². The number of para-hydroxylation sites is 1. The molecule has 0 bridgehead atoms. The van der Waals surface area contributed by atoms with Gasteiger partial charge in [0.15, 0.2) is 0 Å². The molecular weight excluding hydrogens is 405 g/mol. The van der Waals surface area contributed by atoms with Crippen LogP contribution in [0.25, 0.3) is 0 Å². The van der Waals surface area contributed by atoms with E-state index in [2.05, 4.69) is 15.3 Å². The van der Waals surface area contributed by atoms with Crippen LogP contribution in [0, 0.1) is 12.7 Å². The molecule has 6 nitrogen and oxygen atoms in total. The number of carbonyl (C=O) groups is 1. The second-order valence-electron chi connectivity index (χ2n) is 7.06. The highest BCUT2D eigenvalue weighted by molar-refractivity contribution is 6.33. The van der Waals surface area contributed by atoms with Crippen molar-refractivity contribution in [2.75, 3.05) is 36.4 Å². The van der Waals surface area contributed by atoms with Crippen molar-refractivity contribution in [2.24, 2.45) is 0 Å². The Morgan fingerprint density at radius 1 is 1.03 bits per heavy atom. The van der Waals surface area contributed by atoms with E-state index in [1.807, 2.05) is 48.2 Å². The molecule has 1 N–H and O–H groups in total. The van der Waals surface area contributed by atoms with Crippen LogP contribution in [0.15, 0.2) is 54.6 Å². The minimum absolute atomic E-state index is 0.0752. The molecule has 2 aromatic carbocycles. The average Bonchev–Trinajstić information content (AvgIpc) is 2.74. The molecule has 1 aliphatic heterocycles. The summed E-state index contributed by atoms with van der Waals surface area (Å²) in [5.41, 5.74) is 1.71. The Morgan fingerprint density at radius 3 is 2.47 bits per heavy atom. The molecule has 0 spiro atoms. The van der Waals surface area contributed by atoms with Crippen molar-refractivity contribution in [1.82, 2.24) is 14.9 Å². The Balaban J connectivity index is 1.46. The first-order chi connectivity index (χ1) is 14.5. The summed E-state index contributed by atoms with van der Waals surface area (Å²) < 4.78 is 14.1. The smallest absolute Gasteiger partial charge is 0.258 e. The molecule has 4 rings (SSSR count). The highest BCUT2D eigenvalue weighted by Crippen LogP contribution is 2.23. The lowest BCUT2D eigenvalue weighted by molar-refractivity contribution is 0.0741. The van der Waals surface area contributed by atoms with Crippen molar-refractivity contribution >= 4 is 35.0 Å². The zero-order chi connectivity index (χ0) is 21.1. The number of piperazine rings is 1. The van der Waals surface area contributed by atoms with E-state index in [0.29, 0.717) is 37.9 Å². The molecule has 3 aromatic rings. The molecule has 0 aliphatic carbocycles. The minimum atomic E-state index is -0.603. The number of nitrogens with one attached hydrogen (secondary N) is 1. The van der Waals surface area contributed by atoms with Gasteiger partial charge in [-0.1, -0.05) is 35.9 Å². The summed E-state index contributed by atoms with van der Waals surface area (Å²) in [6.45, 7) is 3.88. The van der Waals surface area contributed by atoms with Gasteiger partial charge >= 0.3 is 0 Å². The monoisotopic (exact) mass is 425 g/mol. The molecule has 0 radical (unpaired) electrons. The number of carbonyl (C=O) groups excluding carboxylic acids is 1. The van der Waals surface area contributed by atoms with Crippen molar-refractivity contribution in [3.8, 4) is 0 Å². The molecule has 1 saturated heterocycles. The number of halogens is 2. The fraction of sp³-hybridized carbons (Fsp3) is 0.227. The SMILES string of the molecule is Cc1cc(Nc2ccccc2)nc(N2CCN(C(=O)c3c(F)cccc3Cl)CC2)n1. The van der Waals surface area contributed by atoms with Gasteiger partial charge in [0.05, 0.1) is 10.6 Å². The fourth-order valence-corrected chi connectivity index (χ4v) is 3.64. The number of amides is 1. The number of nitrogens with zero attached hydrogens (tertiary/aromatic N) is 4. The number of benzene rings is 2. The number of hydrogen-bond donors (Lipinski definition) is 1. The van der Waals surface area contributed by atoms with Crippen LogP contribution >= 0.6 is 11.6 Å². The molecular formula is C22H21ClFN5O. The van der Waals surface area contributed by atoms with Crippen LogP contribution < -0.4 is 10.2 Å². The second kappa shape index (κ2) is 8.67. The van der Waals surface area contributed by atoms with Crippen LogP contribution in [0.5, 0.6) is 0 Å². The minimum Gasteiger partial charge on any atom is -0.340 e. The van der Waals surface area contributed by atoms with E-state index in [-0.39, 0.29) is 10.6 Å². The fourth-order valence-electron chi connectivity index (χ4n) is 3.40. The number of hydrogen-bond acceptors (Lipinski definition) is 5. The largest absolute Gasteiger partial charge is 0.340 e. The van der Waals surface area contributed by atoms with Crippen molar-refractivity contribution in [3.05, 3.63) is 76.7 Å². The standard InChI is InChI=1S/C22H21ClFN5O/c1-15-14-19(26-16-6-3-2-4-7-16)27-22(25-15)29-12-10-28(11-13-29)21(30)20-17(23)8-5-9-18(20)24/h2-9,14H,10-13H2,1H3,(H,25,26,27). The van der Waals surface area contributed by atoms with E-state index in [9.17, 15) is 9.18 Å². The quantitative estimate of drug-likeness (QED) is 0.675. The molecule has 1 aliphatic rings. The number of anilines is 3. The maximum Gasteiger partial charge on any atom is 0.258 e. The molecule has 1 aromatic heterocycles. The summed E-state index contributed by atoms with van der Waals surface area (Å²) in [6, 6.07) is 15.9. The third-order valence-corrected chi connectivity index (χ3v) is 5.23. The third-order valence-electron chi connectivity index (χ3n) is 4.91. The summed E-state index contributed by atoms with van der Waals surface area (Å²) in [5.74, 6) is 0.313. The number of aromatic nitrogens is 2. The highest BCUT2D eigenvalue weighted by Gasteiger charge is 2.27. The predicted octanol–water partition coefficient (Wildman–Crippen LogP) is 4.28. The maximum atomic E-state index is 14.1. The zero-order valence-electron chi connectivity index (χ0n) is 16.5. The Hall–Kier alpha value is -3.19. The molecule has 0 unspecified atom stereocenters. The predicted molar refractivity (Wildman–Crippen MR) is 116 cm³/mol. The zero-order valence-corrected chi connectivity index (χ0v) is 17.2. The van der Waals surface area contributed by atoms with Gasteiger partial charge < -0.3 is 15.1 Å². The summed E-state index contributed by atoms with van der Waals surface area (Å²) in [5, 5.41) is 3.41. The lowest BCUT2D eigenvalue weighted by Crippen LogP contribution is -2.49.